The van der Waals surface area contributed by atoms with Crippen LogP contribution in [0.3, 0.4) is 0 Å². The number of rotatable bonds is 9. The molecule has 0 heterocycles. The minimum absolute atomic E-state index is 0.0185. The van der Waals surface area contributed by atoms with Gasteiger partial charge in [-0.3, -0.25) is 4.79 Å². The summed E-state index contributed by atoms with van der Waals surface area (Å²) in [5.74, 6) is 1.97. The Bertz CT molecular complexity index is 591. The molecule has 0 bridgehead atoms. The van der Waals surface area contributed by atoms with Crippen LogP contribution >= 0.6 is 0 Å². The van der Waals surface area contributed by atoms with Crippen molar-refractivity contribution in [2.24, 2.45) is 5.92 Å². The van der Waals surface area contributed by atoms with Crippen molar-refractivity contribution >= 4 is 5.97 Å². The molecule has 3 nitrogen and oxygen atoms in total. The average Bonchev–Trinajstić information content (AvgIpc) is 2.74. The molecule has 2 aliphatic carbocycles. The lowest BCUT2D eigenvalue weighted by molar-refractivity contribution is -0.151. The molecule has 3 heteroatoms. The van der Waals surface area contributed by atoms with Crippen LogP contribution in [0.15, 0.2) is 24.3 Å². The second-order valence-corrected chi connectivity index (χ2v) is 8.76. The highest BCUT2D eigenvalue weighted by atomic mass is 16.5. The van der Waals surface area contributed by atoms with Crippen molar-refractivity contribution in [3.05, 3.63) is 29.8 Å². The summed E-state index contributed by atoms with van der Waals surface area (Å²) < 4.78 is 12.1. The minimum atomic E-state index is -0.0185. The van der Waals surface area contributed by atoms with Crippen LogP contribution < -0.4 is 4.74 Å². The van der Waals surface area contributed by atoms with Gasteiger partial charge in [0.1, 0.15) is 11.9 Å². The van der Waals surface area contributed by atoms with Crippen LogP contribution in [0.4, 0.5) is 0 Å². The predicted molar refractivity (Wildman–Crippen MR) is 114 cm³/mol. The summed E-state index contributed by atoms with van der Waals surface area (Å²) in [6.07, 6.45) is 14.9. The molecule has 156 valence electrons. The van der Waals surface area contributed by atoms with E-state index in [1.54, 1.807) is 0 Å². The van der Waals surface area contributed by atoms with E-state index in [0.717, 1.165) is 50.9 Å². The van der Waals surface area contributed by atoms with E-state index in [1.807, 2.05) is 0 Å². The van der Waals surface area contributed by atoms with Crippen LogP contribution in [-0.4, -0.2) is 18.7 Å². The van der Waals surface area contributed by atoms with Gasteiger partial charge in [-0.25, -0.2) is 0 Å². The van der Waals surface area contributed by atoms with E-state index in [9.17, 15) is 4.79 Å². The van der Waals surface area contributed by atoms with Gasteiger partial charge >= 0.3 is 5.97 Å². The molecule has 0 spiro atoms. The van der Waals surface area contributed by atoms with E-state index in [1.165, 1.54) is 44.1 Å². The molecule has 2 unspecified atom stereocenters. The SMILES string of the molecule is CCCCCC(=O)OC1CCCCC1c1cccc(OCC2CCCCC2)c1. The molecule has 2 atom stereocenters. The van der Waals surface area contributed by atoms with Gasteiger partial charge < -0.3 is 9.47 Å². The third-order valence-corrected chi connectivity index (χ3v) is 6.47. The normalized spacial score (nSPS) is 23.3. The smallest absolute Gasteiger partial charge is 0.306 e. The second kappa shape index (κ2) is 11.5. The van der Waals surface area contributed by atoms with E-state index in [0.29, 0.717) is 18.3 Å². The zero-order valence-electron chi connectivity index (χ0n) is 17.7. The largest absolute Gasteiger partial charge is 0.493 e. The van der Waals surface area contributed by atoms with Gasteiger partial charge in [-0.1, -0.05) is 57.6 Å². The number of ether oxygens (including phenoxy) is 2. The molecule has 2 saturated carbocycles. The molecule has 2 aliphatic rings. The fourth-order valence-electron chi connectivity index (χ4n) is 4.77. The maximum atomic E-state index is 12.3. The summed E-state index contributed by atoms with van der Waals surface area (Å²) >= 11 is 0. The molecule has 0 N–H and O–H groups in total. The molecular weight excluding hydrogens is 348 g/mol. The van der Waals surface area contributed by atoms with Crippen LogP contribution in [0, 0.1) is 5.92 Å². The van der Waals surface area contributed by atoms with Crippen LogP contribution in [0.5, 0.6) is 5.75 Å². The summed E-state index contributed by atoms with van der Waals surface area (Å²) in [7, 11) is 0. The monoisotopic (exact) mass is 386 g/mol. The van der Waals surface area contributed by atoms with Gasteiger partial charge in [0, 0.05) is 12.3 Å². The molecule has 0 aliphatic heterocycles. The number of carbonyl (C=O) groups excluding carboxylic acids is 1. The highest BCUT2D eigenvalue weighted by molar-refractivity contribution is 5.69. The summed E-state index contributed by atoms with van der Waals surface area (Å²) in [5, 5.41) is 0. The van der Waals surface area contributed by atoms with Gasteiger partial charge in [0.05, 0.1) is 6.61 Å². The zero-order chi connectivity index (χ0) is 19.6. The fourth-order valence-corrected chi connectivity index (χ4v) is 4.77. The maximum Gasteiger partial charge on any atom is 0.306 e. The molecule has 28 heavy (non-hydrogen) atoms. The Kier molecular flexibility index (Phi) is 8.70. The van der Waals surface area contributed by atoms with E-state index in [-0.39, 0.29) is 12.1 Å². The molecular formula is C25H38O3. The van der Waals surface area contributed by atoms with E-state index >= 15 is 0 Å². The van der Waals surface area contributed by atoms with Crippen LogP contribution in [0.2, 0.25) is 0 Å². The molecule has 2 fully saturated rings. The summed E-state index contributed by atoms with van der Waals surface area (Å²) in [6.45, 7) is 3.00. The van der Waals surface area contributed by atoms with Gasteiger partial charge in [0.25, 0.3) is 0 Å². The van der Waals surface area contributed by atoms with Gasteiger partial charge in [-0.05, 0) is 62.1 Å². The number of esters is 1. The lowest BCUT2D eigenvalue weighted by Gasteiger charge is -2.32. The first-order valence-electron chi connectivity index (χ1n) is 11.7. The Hall–Kier alpha value is -1.51. The first-order chi connectivity index (χ1) is 13.8. The summed E-state index contributed by atoms with van der Waals surface area (Å²) in [4.78, 5) is 12.3. The molecule has 1 aromatic carbocycles. The van der Waals surface area contributed by atoms with Crippen molar-refractivity contribution in [1.82, 2.24) is 0 Å². The molecule has 0 saturated heterocycles. The van der Waals surface area contributed by atoms with Crippen molar-refractivity contribution in [2.45, 2.75) is 102 Å². The third kappa shape index (κ3) is 6.53. The van der Waals surface area contributed by atoms with Gasteiger partial charge in [0.15, 0.2) is 0 Å². The number of carbonyl (C=O) groups is 1. The first-order valence-corrected chi connectivity index (χ1v) is 11.7. The number of hydrogen-bond donors (Lipinski definition) is 0. The van der Waals surface area contributed by atoms with E-state index < -0.39 is 0 Å². The predicted octanol–water partition coefficient (Wildman–Crippen LogP) is 6.80. The lowest BCUT2D eigenvalue weighted by atomic mass is 9.81. The van der Waals surface area contributed by atoms with Crippen molar-refractivity contribution in [2.75, 3.05) is 6.61 Å². The maximum absolute atomic E-state index is 12.3. The van der Waals surface area contributed by atoms with Gasteiger partial charge in [-0.2, -0.15) is 0 Å². The Morgan fingerprint density at radius 1 is 1.00 bits per heavy atom. The summed E-state index contributed by atoms with van der Waals surface area (Å²) in [5.41, 5.74) is 1.27. The number of hydrogen-bond acceptors (Lipinski definition) is 3. The van der Waals surface area contributed by atoms with Crippen LogP contribution in [0.1, 0.15) is 102 Å². The van der Waals surface area contributed by atoms with E-state index in [4.69, 9.17) is 9.47 Å². The quantitative estimate of drug-likeness (QED) is 0.346. The zero-order valence-corrected chi connectivity index (χ0v) is 17.7. The highest BCUT2D eigenvalue weighted by Crippen LogP contribution is 2.36. The Morgan fingerprint density at radius 2 is 1.79 bits per heavy atom. The van der Waals surface area contributed by atoms with Gasteiger partial charge in [0.2, 0.25) is 0 Å². The Balaban J connectivity index is 1.57. The first kappa shape index (κ1) is 21.2. The van der Waals surface area contributed by atoms with Gasteiger partial charge in [-0.15, -0.1) is 0 Å². The molecule has 1 aromatic rings. The van der Waals surface area contributed by atoms with Crippen molar-refractivity contribution in [1.29, 1.82) is 0 Å². The minimum Gasteiger partial charge on any atom is -0.493 e. The number of benzene rings is 1. The highest BCUT2D eigenvalue weighted by Gasteiger charge is 2.29. The Morgan fingerprint density at radius 3 is 2.61 bits per heavy atom. The second-order valence-electron chi connectivity index (χ2n) is 8.76. The van der Waals surface area contributed by atoms with Crippen LogP contribution in [0.25, 0.3) is 0 Å². The molecule has 0 amide bonds. The lowest BCUT2D eigenvalue weighted by Crippen LogP contribution is -2.28. The van der Waals surface area contributed by atoms with Crippen molar-refractivity contribution in [3.63, 3.8) is 0 Å². The average molecular weight is 387 g/mol. The van der Waals surface area contributed by atoms with Crippen LogP contribution in [-0.2, 0) is 9.53 Å². The number of unbranched alkanes of at least 4 members (excludes halogenated alkanes) is 2. The fraction of sp³-hybridized carbons (Fsp3) is 0.720. The van der Waals surface area contributed by atoms with Crippen molar-refractivity contribution < 1.29 is 14.3 Å². The molecule has 3 rings (SSSR count). The topological polar surface area (TPSA) is 35.5 Å². The Labute approximate surface area is 171 Å². The molecule has 0 aromatic heterocycles. The van der Waals surface area contributed by atoms with Crippen molar-refractivity contribution in [3.8, 4) is 5.75 Å². The standard InChI is InChI=1S/C25H38O3/c1-2-3-5-17-25(26)28-24-16-9-8-15-23(24)21-13-10-14-22(18-21)27-19-20-11-6-4-7-12-20/h10,13-14,18,20,23-24H,2-9,11-12,15-17,19H2,1H3. The third-order valence-electron chi connectivity index (χ3n) is 6.47. The molecule has 0 radical (unpaired) electrons. The van der Waals surface area contributed by atoms with E-state index in [2.05, 4.69) is 31.2 Å². The summed E-state index contributed by atoms with van der Waals surface area (Å²) in [6, 6.07) is 8.54.